The molecule has 0 aromatic heterocycles. The minimum Gasteiger partial charge on any atom is -0.490 e. The molecule has 0 radical (unpaired) electrons. The topological polar surface area (TPSA) is 99.6 Å². The molecule has 0 aliphatic carbocycles. The van der Waals surface area contributed by atoms with E-state index in [-0.39, 0.29) is 31.1 Å². The summed E-state index contributed by atoms with van der Waals surface area (Å²) in [7, 11) is 1.98. The van der Waals surface area contributed by atoms with Crippen molar-refractivity contribution in [2.24, 2.45) is 5.92 Å². The Bertz CT molecular complexity index is 939. The van der Waals surface area contributed by atoms with E-state index in [1.54, 1.807) is 11.8 Å². The first-order valence-corrected chi connectivity index (χ1v) is 14.1. The number of amides is 1. The average molecular weight is 514 g/mol. The van der Waals surface area contributed by atoms with Crippen LogP contribution in [0.1, 0.15) is 50.4 Å². The highest BCUT2D eigenvalue weighted by atomic mass is 32.2. The zero-order valence-electron chi connectivity index (χ0n) is 22.2. The lowest BCUT2D eigenvalue weighted by molar-refractivity contribution is -0.00828. The molecule has 1 N–H and O–H groups in total. The van der Waals surface area contributed by atoms with Gasteiger partial charge in [0.15, 0.2) is 0 Å². The van der Waals surface area contributed by atoms with E-state index in [9.17, 15) is 18.3 Å². The number of sulfonamides is 1. The van der Waals surface area contributed by atoms with Crippen LogP contribution < -0.4 is 9.64 Å². The largest absolute Gasteiger partial charge is 0.490 e. The van der Waals surface area contributed by atoms with Gasteiger partial charge in [-0.3, -0.25) is 4.79 Å². The fraction of sp³-hybridized carbons (Fsp3) is 0.720. The van der Waals surface area contributed by atoms with E-state index in [1.807, 2.05) is 51.0 Å². The van der Waals surface area contributed by atoms with E-state index in [0.717, 1.165) is 24.9 Å². The van der Waals surface area contributed by atoms with Gasteiger partial charge in [-0.2, -0.15) is 0 Å². The van der Waals surface area contributed by atoms with Gasteiger partial charge in [0.05, 0.1) is 36.7 Å². The Balaban J connectivity index is 2.49. The zero-order chi connectivity index (χ0) is 26.3. The SMILES string of the molecule is C[C@@H]1CN([C@H](C)CO)C(=O)c2cc(N(C)C)ccc2O[C@@H](C)CCCCO[C@H]1CN(C)S(C)(=O)=O. The van der Waals surface area contributed by atoms with Gasteiger partial charge in [-0.05, 0) is 51.3 Å². The van der Waals surface area contributed by atoms with Crippen LogP contribution in [0.2, 0.25) is 0 Å². The minimum absolute atomic E-state index is 0.0931. The van der Waals surface area contributed by atoms with Crippen LogP contribution >= 0.6 is 0 Å². The third kappa shape index (κ3) is 8.34. The Morgan fingerprint density at radius 2 is 1.89 bits per heavy atom. The second-order valence-corrected chi connectivity index (χ2v) is 12.0. The number of nitrogens with zero attached hydrogens (tertiary/aromatic N) is 3. The zero-order valence-corrected chi connectivity index (χ0v) is 23.0. The maximum absolute atomic E-state index is 13.9. The number of carbonyl (C=O) groups excluding carboxylic acids is 1. The maximum atomic E-state index is 13.9. The number of aliphatic hydroxyl groups excluding tert-OH is 1. The first kappa shape index (κ1) is 29.4. The predicted molar refractivity (Wildman–Crippen MR) is 139 cm³/mol. The molecule has 4 atom stereocenters. The Morgan fingerprint density at radius 1 is 1.20 bits per heavy atom. The normalized spacial score (nSPS) is 23.9. The number of hydrogen-bond acceptors (Lipinski definition) is 7. The van der Waals surface area contributed by atoms with Crippen molar-refractivity contribution in [2.45, 2.75) is 58.3 Å². The standard InChI is InChI=1S/C25H43N3O6S/c1-18-15-28(19(2)17-29)25(30)22-14-21(26(4)5)11-12-23(22)34-20(3)10-8-9-13-33-24(18)16-27(6)35(7,31)32/h11-12,14,18-20,24,29H,8-10,13,15-17H2,1-7H3/t18-,19-,20+,24+/m1/s1. The molecule has 9 nitrogen and oxygen atoms in total. The van der Waals surface area contributed by atoms with E-state index in [1.165, 1.54) is 17.6 Å². The van der Waals surface area contributed by atoms with Gasteiger partial charge in [0.25, 0.3) is 5.91 Å². The first-order chi connectivity index (χ1) is 16.3. The summed E-state index contributed by atoms with van der Waals surface area (Å²) in [4.78, 5) is 17.5. The number of rotatable bonds is 6. The molecule has 1 aliphatic rings. The molecule has 1 amide bonds. The highest BCUT2D eigenvalue weighted by Gasteiger charge is 2.31. The maximum Gasteiger partial charge on any atom is 0.258 e. The molecule has 0 bridgehead atoms. The van der Waals surface area contributed by atoms with Crippen LogP contribution in [0.3, 0.4) is 0 Å². The molecular formula is C25H43N3O6S. The Labute approximate surface area is 211 Å². The quantitative estimate of drug-likeness (QED) is 0.624. The molecule has 1 aromatic carbocycles. The van der Waals surface area contributed by atoms with Crippen LogP contribution in [0.25, 0.3) is 0 Å². The molecule has 200 valence electrons. The fourth-order valence-electron chi connectivity index (χ4n) is 4.04. The van der Waals surface area contributed by atoms with Gasteiger partial charge in [-0.25, -0.2) is 12.7 Å². The Hall–Kier alpha value is -1.88. The molecule has 35 heavy (non-hydrogen) atoms. The van der Waals surface area contributed by atoms with Crippen LogP contribution in [0.15, 0.2) is 18.2 Å². The molecule has 1 aromatic rings. The Kier molecular flexibility index (Phi) is 10.8. The number of fused-ring (bicyclic) bond motifs is 1. The molecule has 10 heteroatoms. The predicted octanol–water partition coefficient (Wildman–Crippen LogP) is 2.44. The van der Waals surface area contributed by atoms with Crippen LogP contribution in [0.4, 0.5) is 5.69 Å². The summed E-state index contributed by atoms with van der Waals surface area (Å²) >= 11 is 0. The minimum atomic E-state index is -3.38. The fourth-order valence-corrected chi connectivity index (χ4v) is 4.46. The van der Waals surface area contributed by atoms with Gasteiger partial charge in [-0.1, -0.05) is 6.92 Å². The molecule has 2 rings (SSSR count). The van der Waals surface area contributed by atoms with Crippen LogP contribution in [0, 0.1) is 5.92 Å². The van der Waals surface area contributed by atoms with Crippen molar-refractivity contribution in [3.8, 4) is 5.75 Å². The van der Waals surface area contributed by atoms with Crippen molar-refractivity contribution in [3.05, 3.63) is 23.8 Å². The number of aliphatic hydroxyl groups is 1. The van der Waals surface area contributed by atoms with Gasteiger partial charge in [-0.15, -0.1) is 0 Å². The molecule has 0 saturated heterocycles. The number of anilines is 1. The third-order valence-corrected chi connectivity index (χ3v) is 7.84. The molecule has 0 unspecified atom stereocenters. The first-order valence-electron chi connectivity index (χ1n) is 12.3. The van der Waals surface area contributed by atoms with Crippen LogP contribution in [-0.4, -0.2) is 101 Å². The molecule has 0 fully saturated rings. The second kappa shape index (κ2) is 12.9. The van der Waals surface area contributed by atoms with E-state index in [2.05, 4.69) is 0 Å². The van der Waals surface area contributed by atoms with Crippen LogP contribution in [-0.2, 0) is 14.8 Å². The van der Waals surface area contributed by atoms with Crippen molar-refractivity contribution >= 4 is 21.6 Å². The lowest BCUT2D eigenvalue weighted by atomic mass is 10.0. The summed E-state index contributed by atoms with van der Waals surface area (Å²) in [6, 6.07) is 5.14. The number of ether oxygens (including phenoxy) is 2. The highest BCUT2D eigenvalue weighted by molar-refractivity contribution is 7.88. The molecule has 0 saturated carbocycles. The number of likely N-dealkylation sites (N-methyl/N-ethyl adjacent to an activating group) is 1. The summed E-state index contributed by atoms with van der Waals surface area (Å²) in [6.07, 6.45) is 3.18. The van der Waals surface area contributed by atoms with E-state index in [4.69, 9.17) is 9.47 Å². The van der Waals surface area contributed by atoms with Gasteiger partial charge in [0.1, 0.15) is 5.75 Å². The van der Waals surface area contributed by atoms with Crippen molar-refractivity contribution in [2.75, 3.05) is 58.6 Å². The molecule has 0 spiro atoms. The lowest BCUT2D eigenvalue weighted by Crippen LogP contribution is -2.47. The Morgan fingerprint density at radius 3 is 2.49 bits per heavy atom. The number of carbonyl (C=O) groups is 1. The molecular weight excluding hydrogens is 470 g/mol. The van der Waals surface area contributed by atoms with Crippen LogP contribution in [0.5, 0.6) is 5.75 Å². The van der Waals surface area contributed by atoms with Gasteiger partial charge in [0.2, 0.25) is 10.0 Å². The summed E-state index contributed by atoms with van der Waals surface area (Å²) < 4.78 is 37.8. The van der Waals surface area contributed by atoms with Gasteiger partial charge >= 0.3 is 0 Å². The summed E-state index contributed by atoms with van der Waals surface area (Å²) in [6.45, 7) is 6.51. The van der Waals surface area contributed by atoms with Crippen molar-refractivity contribution in [3.63, 3.8) is 0 Å². The van der Waals surface area contributed by atoms with E-state index >= 15 is 0 Å². The van der Waals surface area contributed by atoms with Crippen molar-refractivity contribution in [1.82, 2.24) is 9.21 Å². The average Bonchev–Trinajstić information content (AvgIpc) is 2.79. The van der Waals surface area contributed by atoms with E-state index < -0.39 is 22.2 Å². The number of hydrogen-bond donors (Lipinski definition) is 1. The van der Waals surface area contributed by atoms with Gasteiger partial charge < -0.3 is 24.4 Å². The lowest BCUT2D eigenvalue weighted by Gasteiger charge is -2.35. The van der Waals surface area contributed by atoms with Crippen molar-refractivity contribution < 1.29 is 27.8 Å². The van der Waals surface area contributed by atoms with E-state index in [0.29, 0.717) is 24.5 Å². The summed E-state index contributed by atoms with van der Waals surface area (Å²) in [5.41, 5.74) is 1.31. The summed E-state index contributed by atoms with van der Waals surface area (Å²) in [5.74, 6) is 0.106. The highest BCUT2D eigenvalue weighted by Crippen LogP contribution is 2.29. The smallest absolute Gasteiger partial charge is 0.258 e. The molecule has 1 heterocycles. The van der Waals surface area contributed by atoms with Gasteiger partial charge in [0, 0.05) is 52.4 Å². The third-order valence-electron chi connectivity index (χ3n) is 6.55. The second-order valence-electron chi connectivity index (χ2n) is 9.92. The summed E-state index contributed by atoms with van der Waals surface area (Å²) in [5, 5.41) is 9.96. The monoisotopic (exact) mass is 513 g/mol. The molecule has 1 aliphatic heterocycles. The van der Waals surface area contributed by atoms with Crippen molar-refractivity contribution in [1.29, 1.82) is 0 Å². The number of benzene rings is 1.